The van der Waals surface area contributed by atoms with Crippen LogP contribution >= 0.6 is 27.7 Å². The number of hydrogen-bond acceptors (Lipinski definition) is 5. The van der Waals surface area contributed by atoms with Gasteiger partial charge in [0.05, 0.1) is 11.4 Å². The van der Waals surface area contributed by atoms with Crippen molar-refractivity contribution in [1.82, 2.24) is 0 Å². The van der Waals surface area contributed by atoms with Crippen LogP contribution < -0.4 is 4.90 Å². The first-order chi connectivity index (χ1) is 13.6. The van der Waals surface area contributed by atoms with E-state index < -0.39 is 5.97 Å². The van der Waals surface area contributed by atoms with Gasteiger partial charge in [-0.2, -0.15) is 0 Å². The summed E-state index contributed by atoms with van der Waals surface area (Å²) in [6, 6.07) is 18.7. The Balaban J connectivity index is 1.49. The van der Waals surface area contributed by atoms with E-state index in [1.807, 2.05) is 48.5 Å². The summed E-state index contributed by atoms with van der Waals surface area (Å²) >= 11 is 4.80. The predicted molar refractivity (Wildman–Crippen MR) is 111 cm³/mol. The monoisotopic (exact) mass is 455 g/mol. The van der Waals surface area contributed by atoms with Gasteiger partial charge in [0.25, 0.3) is 5.91 Å². The maximum atomic E-state index is 12.9. The molecule has 0 radical (unpaired) electrons. The molecular formula is C21H14BrNO4S. The van der Waals surface area contributed by atoms with Gasteiger partial charge in [-0.1, -0.05) is 36.0 Å². The molecule has 0 spiro atoms. The van der Waals surface area contributed by atoms with Crippen LogP contribution in [0.25, 0.3) is 6.08 Å². The van der Waals surface area contributed by atoms with Crippen molar-refractivity contribution >= 4 is 57.0 Å². The molecule has 0 saturated heterocycles. The summed E-state index contributed by atoms with van der Waals surface area (Å²) in [4.78, 5) is 28.4. The predicted octanol–water partition coefficient (Wildman–Crippen LogP) is 5.43. The van der Waals surface area contributed by atoms with E-state index in [9.17, 15) is 9.59 Å². The lowest BCUT2D eigenvalue weighted by Crippen LogP contribution is -2.32. The van der Waals surface area contributed by atoms with Gasteiger partial charge in [-0.25, -0.2) is 4.79 Å². The van der Waals surface area contributed by atoms with E-state index in [2.05, 4.69) is 15.9 Å². The minimum atomic E-state index is -0.617. The summed E-state index contributed by atoms with van der Waals surface area (Å²) in [6.07, 6.45) is 2.71. The second-order valence-corrected chi connectivity index (χ2v) is 7.71. The standard InChI is InChI=1S/C21H14BrNO4S/c22-19-11-9-14(27-19)10-12-21(25)26-13-20(24)23-15-5-1-3-7-17(15)28-18-8-4-2-6-16(18)23/h1-12H,13H2. The first-order valence-corrected chi connectivity index (χ1v) is 10.0. The molecule has 0 bridgehead atoms. The second kappa shape index (κ2) is 8.08. The van der Waals surface area contributed by atoms with Crippen LogP contribution in [-0.4, -0.2) is 18.5 Å². The summed E-state index contributed by atoms with van der Waals surface area (Å²) in [5, 5.41) is 0. The Morgan fingerprint density at radius 2 is 1.64 bits per heavy atom. The molecule has 1 aliphatic heterocycles. The fourth-order valence-corrected chi connectivity index (χ4v) is 4.16. The van der Waals surface area contributed by atoms with Crippen molar-refractivity contribution in [1.29, 1.82) is 0 Å². The summed E-state index contributed by atoms with van der Waals surface area (Å²) in [5.74, 6) is -0.428. The number of carbonyl (C=O) groups excluding carboxylic acids is 2. The average molecular weight is 456 g/mol. The van der Waals surface area contributed by atoms with Gasteiger partial charge in [-0.3, -0.25) is 9.69 Å². The number of furan rings is 1. The normalized spacial score (nSPS) is 12.5. The van der Waals surface area contributed by atoms with E-state index in [-0.39, 0.29) is 12.5 Å². The highest BCUT2D eigenvalue weighted by Crippen LogP contribution is 2.47. The molecule has 140 valence electrons. The molecule has 0 aliphatic carbocycles. The topological polar surface area (TPSA) is 59.8 Å². The molecule has 1 aromatic heterocycles. The number of para-hydroxylation sites is 2. The number of fused-ring (bicyclic) bond motifs is 2. The van der Waals surface area contributed by atoms with Crippen molar-refractivity contribution in [3.63, 3.8) is 0 Å². The van der Waals surface area contributed by atoms with Crippen molar-refractivity contribution in [3.8, 4) is 0 Å². The third-order valence-electron chi connectivity index (χ3n) is 4.00. The van der Waals surface area contributed by atoms with Crippen LogP contribution in [0.2, 0.25) is 0 Å². The number of halogens is 1. The van der Waals surface area contributed by atoms with Gasteiger partial charge in [0.15, 0.2) is 11.3 Å². The number of benzene rings is 2. The van der Waals surface area contributed by atoms with Crippen LogP contribution in [-0.2, 0) is 14.3 Å². The summed E-state index contributed by atoms with van der Waals surface area (Å²) < 4.78 is 11.0. The molecule has 1 amide bonds. The zero-order valence-corrected chi connectivity index (χ0v) is 16.9. The van der Waals surface area contributed by atoms with Crippen LogP contribution in [0.15, 0.2) is 85.6 Å². The molecule has 4 rings (SSSR count). The van der Waals surface area contributed by atoms with Crippen molar-refractivity contribution < 1.29 is 18.7 Å². The highest BCUT2D eigenvalue weighted by atomic mass is 79.9. The Kier molecular flexibility index (Phi) is 5.36. The summed E-state index contributed by atoms with van der Waals surface area (Å²) in [6.45, 7) is -0.363. The Labute approximate surface area is 174 Å². The number of ether oxygens (including phenoxy) is 1. The highest BCUT2D eigenvalue weighted by molar-refractivity contribution is 9.10. The Morgan fingerprint density at radius 3 is 2.25 bits per heavy atom. The molecule has 3 aromatic rings. The molecule has 0 fully saturated rings. The molecule has 0 N–H and O–H groups in total. The smallest absolute Gasteiger partial charge is 0.331 e. The molecule has 2 aromatic carbocycles. The van der Waals surface area contributed by atoms with Gasteiger partial charge in [-0.05, 0) is 58.4 Å². The molecule has 28 heavy (non-hydrogen) atoms. The molecule has 0 atom stereocenters. The van der Waals surface area contributed by atoms with Crippen molar-refractivity contribution in [2.24, 2.45) is 0 Å². The van der Waals surface area contributed by atoms with Crippen LogP contribution in [0, 0.1) is 0 Å². The third-order valence-corrected chi connectivity index (χ3v) is 5.55. The average Bonchev–Trinajstić information content (AvgIpc) is 3.13. The van der Waals surface area contributed by atoms with Crippen molar-refractivity contribution in [2.75, 3.05) is 11.5 Å². The van der Waals surface area contributed by atoms with Gasteiger partial charge in [0, 0.05) is 15.9 Å². The van der Waals surface area contributed by atoms with Gasteiger partial charge >= 0.3 is 5.97 Å². The fourth-order valence-electron chi connectivity index (χ4n) is 2.79. The van der Waals surface area contributed by atoms with Gasteiger partial charge < -0.3 is 9.15 Å². The number of anilines is 2. The van der Waals surface area contributed by atoms with E-state index in [1.165, 1.54) is 12.2 Å². The van der Waals surface area contributed by atoms with E-state index in [4.69, 9.17) is 9.15 Å². The lowest BCUT2D eigenvalue weighted by Gasteiger charge is -2.30. The Morgan fingerprint density at radius 1 is 1.00 bits per heavy atom. The molecule has 1 aliphatic rings. The number of rotatable bonds is 4. The molecule has 2 heterocycles. The van der Waals surface area contributed by atoms with Crippen molar-refractivity contribution in [2.45, 2.75) is 9.79 Å². The Hall–Kier alpha value is -2.77. The minimum Gasteiger partial charge on any atom is -0.452 e. The molecule has 0 unspecified atom stereocenters. The first-order valence-electron chi connectivity index (χ1n) is 8.41. The number of amides is 1. The van der Waals surface area contributed by atoms with E-state index in [0.29, 0.717) is 10.4 Å². The van der Waals surface area contributed by atoms with Gasteiger partial charge in [0.2, 0.25) is 0 Å². The fraction of sp³-hybridized carbons (Fsp3) is 0.0476. The highest BCUT2D eigenvalue weighted by Gasteiger charge is 2.28. The summed E-state index contributed by atoms with van der Waals surface area (Å²) in [7, 11) is 0. The minimum absolute atomic E-state index is 0.317. The molecule has 7 heteroatoms. The number of hydrogen-bond donors (Lipinski definition) is 0. The maximum Gasteiger partial charge on any atom is 0.331 e. The summed E-state index contributed by atoms with van der Waals surface area (Å²) in [5.41, 5.74) is 1.56. The lowest BCUT2D eigenvalue weighted by atomic mass is 10.2. The van der Waals surface area contributed by atoms with E-state index in [0.717, 1.165) is 21.2 Å². The first kappa shape index (κ1) is 18.6. The van der Waals surface area contributed by atoms with Crippen molar-refractivity contribution in [3.05, 3.63) is 77.2 Å². The third kappa shape index (κ3) is 3.90. The van der Waals surface area contributed by atoms with Crippen LogP contribution in [0.4, 0.5) is 11.4 Å². The number of esters is 1. The van der Waals surface area contributed by atoms with Gasteiger partial charge in [0.1, 0.15) is 5.76 Å². The molecule has 0 saturated carbocycles. The number of carbonyl (C=O) groups is 2. The largest absolute Gasteiger partial charge is 0.452 e. The molecule has 5 nitrogen and oxygen atoms in total. The van der Waals surface area contributed by atoms with E-state index >= 15 is 0 Å². The quantitative estimate of drug-likeness (QED) is 0.387. The van der Waals surface area contributed by atoms with Crippen LogP contribution in [0.5, 0.6) is 0 Å². The zero-order chi connectivity index (χ0) is 19.5. The van der Waals surface area contributed by atoms with Crippen LogP contribution in [0.1, 0.15) is 5.76 Å². The Bertz CT molecular complexity index is 1030. The SMILES string of the molecule is O=C(C=Cc1ccc(Br)o1)OCC(=O)N1c2ccccc2Sc2ccccc21. The van der Waals surface area contributed by atoms with Gasteiger partial charge in [-0.15, -0.1) is 0 Å². The number of nitrogens with zero attached hydrogens (tertiary/aromatic N) is 1. The lowest BCUT2D eigenvalue weighted by molar-refractivity contribution is -0.142. The second-order valence-electron chi connectivity index (χ2n) is 5.85. The molecular weight excluding hydrogens is 442 g/mol. The maximum absolute atomic E-state index is 12.9. The van der Waals surface area contributed by atoms with E-state index in [1.54, 1.807) is 28.8 Å². The zero-order valence-electron chi connectivity index (χ0n) is 14.5. The van der Waals surface area contributed by atoms with Crippen LogP contribution in [0.3, 0.4) is 0 Å².